The van der Waals surface area contributed by atoms with Gasteiger partial charge < -0.3 is 9.64 Å². The molecule has 0 bridgehead atoms. The van der Waals surface area contributed by atoms with Crippen molar-refractivity contribution in [1.82, 2.24) is 15.1 Å². The van der Waals surface area contributed by atoms with Gasteiger partial charge in [-0.1, -0.05) is 72.8 Å². The van der Waals surface area contributed by atoms with E-state index < -0.39 is 0 Å². The number of carbonyl (C=O) groups excluding carboxylic acids is 1. The van der Waals surface area contributed by atoms with Crippen molar-refractivity contribution in [1.29, 1.82) is 0 Å². The molecule has 5 heteroatoms. The number of fused-ring (bicyclic) bond motifs is 1. The highest BCUT2D eigenvalue weighted by atomic mass is 16.5. The lowest BCUT2D eigenvalue weighted by Gasteiger charge is -2.27. The lowest BCUT2D eigenvalue weighted by molar-refractivity contribution is -0.134. The number of aromatic nitrogens is 2. The molecule has 0 atom stereocenters. The van der Waals surface area contributed by atoms with E-state index in [9.17, 15) is 4.79 Å². The van der Waals surface area contributed by atoms with Gasteiger partial charge in [0.1, 0.15) is 5.75 Å². The van der Waals surface area contributed by atoms with Crippen molar-refractivity contribution >= 4 is 5.91 Å². The highest BCUT2D eigenvalue weighted by molar-refractivity contribution is 5.79. The number of H-pyrrole nitrogens is 1. The van der Waals surface area contributed by atoms with Crippen molar-refractivity contribution in [2.24, 2.45) is 0 Å². The lowest BCUT2D eigenvalue weighted by atomic mass is 10.0. The number of aromatic amines is 1. The van der Waals surface area contributed by atoms with Gasteiger partial charge in [-0.2, -0.15) is 5.10 Å². The first-order valence-corrected chi connectivity index (χ1v) is 10.5. The number of hydrogen-bond acceptors (Lipinski definition) is 3. The SMILES string of the molecule is O=C(COc1cccc(-c2ccccc2)c1)N1CCc2[nH]nc(-c3ccccc3)c2C1. The van der Waals surface area contributed by atoms with Crippen LogP contribution in [0.5, 0.6) is 5.75 Å². The Hall–Kier alpha value is -3.86. The number of carbonyl (C=O) groups is 1. The van der Waals surface area contributed by atoms with E-state index in [0.717, 1.165) is 40.1 Å². The Morgan fingerprint density at radius 3 is 2.39 bits per heavy atom. The predicted octanol–water partition coefficient (Wildman–Crippen LogP) is 4.71. The van der Waals surface area contributed by atoms with Gasteiger partial charge in [0.15, 0.2) is 6.61 Å². The smallest absolute Gasteiger partial charge is 0.260 e. The van der Waals surface area contributed by atoms with Crippen LogP contribution in [-0.2, 0) is 17.8 Å². The van der Waals surface area contributed by atoms with Crippen molar-refractivity contribution in [2.45, 2.75) is 13.0 Å². The molecule has 154 valence electrons. The molecule has 0 radical (unpaired) electrons. The Kier molecular flexibility index (Phi) is 5.23. The summed E-state index contributed by atoms with van der Waals surface area (Å²) < 4.78 is 5.85. The van der Waals surface area contributed by atoms with E-state index in [1.807, 2.05) is 77.7 Å². The van der Waals surface area contributed by atoms with Gasteiger partial charge in [0.05, 0.1) is 5.69 Å². The van der Waals surface area contributed by atoms with Crippen LogP contribution in [0, 0.1) is 0 Å². The van der Waals surface area contributed by atoms with Crippen LogP contribution >= 0.6 is 0 Å². The summed E-state index contributed by atoms with van der Waals surface area (Å²) in [5.41, 5.74) is 6.37. The number of rotatable bonds is 5. The Labute approximate surface area is 181 Å². The Balaban J connectivity index is 1.26. The normalized spacial score (nSPS) is 13.0. The summed E-state index contributed by atoms with van der Waals surface area (Å²) in [6.07, 6.45) is 0.768. The molecule has 1 aliphatic heterocycles. The van der Waals surface area contributed by atoms with Crippen LogP contribution < -0.4 is 4.74 Å². The number of benzene rings is 3. The van der Waals surface area contributed by atoms with Gasteiger partial charge in [0.2, 0.25) is 0 Å². The van der Waals surface area contributed by atoms with Gasteiger partial charge in [-0.15, -0.1) is 0 Å². The van der Waals surface area contributed by atoms with Gasteiger partial charge in [-0.05, 0) is 23.3 Å². The highest BCUT2D eigenvalue weighted by Crippen LogP contribution is 2.28. The third-order valence-corrected chi connectivity index (χ3v) is 5.64. The van der Waals surface area contributed by atoms with Crippen LogP contribution in [-0.4, -0.2) is 34.2 Å². The molecule has 31 heavy (non-hydrogen) atoms. The average molecular weight is 409 g/mol. The van der Waals surface area contributed by atoms with Crippen LogP contribution in [0.3, 0.4) is 0 Å². The standard InChI is InChI=1S/C26H23N3O2/c30-25(18-31-22-13-7-12-21(16-22)19-8-3-1-4-9-19)29-15-14-24-23(17-29)26(28-27-24)20-10-5-2-6-11-20/h1-13,16H,14-15,17-18H2,(H,27,28). The van der Waals surface area contributed by atoms with Gasteiger partial charge >= 0.3 is 0 Å². The second-order valence-electron chi connectivity index (χ2n) is 7.64. The van der Waals surface area contributed by atoms with E-state index in [4.69, 9.17) is 4.74 Å². The monoisotopic (exact) mass is 409 g/mol. The fourth-order valence-corrected chi connectivity index (χ4v) is 3.98. The van der Waals surface area contributed by atoms with Crippen molar-refractivity contribution in [2.75, 3.05) is 13.2 Å². The molecule has 1 N–H and O–H groups in total. The maximum atomic E-state index is 12.9. The third kappa shape index (κ3) is 4.08. The van der Waals surface area contributed by atoms with Crippen LogP contribution in [0.4, 0.5) is 0 Å². The number of nitrogens with one attached hydrogen (secondary N) is 1. The molecule has 2 heterocycles. The van der Waals surface area contributed by atoms with E-state index in [1.165, 1.54) is 0 Å². The maximum absolute atomic E-state index is 12.9. The molecule has 0 spiro atoms. The number of amides is 1. The minimum absolute atomic E-state index is 0.0176. The third-order valence-electron chi connectivity index (χ3n) is 5.64. The molecule has 0 unspecified atom stereocenters. The molecule has 5 rings (SSSR count). The molecule has 3 aromatic carbocycles. The number of hydrogen-bond donors (Lipinski definition) is 1. The van der Waals surface area contributed by atoms with Gasteiger partial charge in [0.25, 0.3) is 5.91 Å². The first-order chi connectivity index (χ1) is 15.3. The number of ether oxygens (including phenoxy) is 1. The Morgan fingerprint density at radius 1 is 0.903 bits per heavy atom. The minimum Gasteiger partial charge on any atom is -0.484 e. The van der Waals surface area contributed by atoms with Crippen LogP contribution in [0.1, 0.15) is 11.3 Å². The molecule has 1 aromatic heterocycles. The molecule has 4 aromatic rings. The van der Waals surface area contributed by atoms with E-state index in [0.29, 0.717) is 18.8 Å². The summed E-state index contributed by atoms with van der Waals surface area (Å²) >= 11 is 0. The van der Waals surface area contributed by atoms with Crippen LogP contribution in [0.25, 0.3) is 22.4 Å². The quantitative estimate of drug-likeness (QED) is 0.519. The molecule has 1 amide bonds. The van der Waals surface area contributed by atoms with Crippen LogP contribution in [0.15, 0.2) is 84.9 Å². The zero-order valence-electron chi connectivity index (χ0n) is 17.1. The number of nitrogens with zero attached hydrogens (tertiary/aromatic N) is 2. The fourth-order valence-electron chi connectivity index (χ4n) is 3.98. The summed E-state index contributed by atoms with van der Waals surface area (Å²) in [6, 6.07) is 28.1. The van der Waals surface area contributed by atoms with Gasteiger partial charge in [-0.3, -0.25) is 9.89 Å². The fraction of sp³-hybridized carbons (Fsp3) is 0.154. The van der Waals surface area contributed by atoms with E-state index in [2.05, 4.69) is 22.3 Å². The predicted molar refractivity (Wildman–Crippen MR) is 121 cm³/mol. The van der Waals surface area contributed by atoms with Gasteiger partial charge in [0, 0.05) is 36.3 Å². The highest BCUT2D eigenvalue weighted by Gasteiger charge is 2.25. The Morgan fingerprint density at radius 2 is 1.61 bits per heavy atom. The van der Waals surface area contributed by atoms with Gasteiger partial charge in [-0.25, -0.2) is 0 Å². The summed E-state index contributed by atoms with van der Waals surface area (Å²) in [5, 5.41) is 7.64. The molecule has 0 saturated carbocycles. The molecule has 1 aliphatic rings. The largest absolute Gasteiger partial charge is 0.484 e. The van der Waals surface area contributed by atoms with Crippen molar-refractivity contribution in [3.8, 4) is 28.1 Å². The van der Waals surface area contributed by atoms with Crippen molar-refractivity contribution in [3.63, 3.8) is 0 Å². The Bertz CT molecular complexity index is 1190. The minimum atomic E-state index is -0.0176. The van der Waals surface area contributed by atoms with E-state index in [-0.39, 0.29) is 12.5 Å². The van der Waals surface area contributed by atoms with Crippen LogP contribution in [0.2, 0.25) is 0 Å². The lowest BCUT2D eigenvalue weighted by Crippen LogP contribution is -2.38. The van der Waals surface area contributed by atoms with Crippen molar-refractivity contribution in [3.05, 3.63) is 96.2 Å². The molecule has 0 saturated heterocycles. The second kappa shape index (κ2) is 8.48. The van der Waals surface area contributed by atoms with Crippen molar-refractivity contribution < 1.29 is 9.53 Å². The second-order valence-corrected chi connectivity index (χ2v) is 7.64. The molecule has 0 aliphatic carbocycles. The summed E-state index contributed by atoms with van der Waals surface area (Å²) in [4.78, 5) is 14.7. The summed E-state index contributed by atoms with van der Waals surface area (Å²) in [5.74, 6) is 0.677. The first-order valence-electron chi connectivity index (χ1n) is 10.5. The molecule has 5 nitrogen and oxygen atoms in total. The van der Waals surface area contributed by atoms with E-state index in [1.54, 1.807) is 0 Å². The molecule has 0 fully saturated rings. The first kappa shape index (κ1) is 19.1. The zero-order valence-corrected chi connectivity index (χ0v) is 17.1. The maximum Gasteiger partial charge on any atom is 0.260 e. The molecular formula is C26H23N3O2. The average Bonchev–Trinajstić information content (AvgIpc) is 3.27. The zero-order chi connectivity index (χ0) is 21.0. The molecular weight excluding hydrogens is 386 g/mol. The topological polar surface area (TPSA) is 58.2 Å². The summed E-state index contributed by atoms with van der Waals surface area (Å²) in [7, 11) is 0. The summed E-state index contributed by atoms with van der Waals surface area (Å²) in [6.45, 7) is 1.23. The van der Waals surface area contributed by atoms with E-state index >= 15 is 0 Å².